The third kappa shape index (κ3) is 3.50. The average Bonchev–Trinajstić information content (AvgIpc) is 2.62. The highest BCUT2D eigenvalue weighted by molar-refractivity contribution is 7.99. The summed E-state index contributed by atoms with van der Waals surface area (Å²) in [5.41, 5.74) is 0.963. The number of hydrogen-bond acceptors (Lipinski definition) is 6. The fraction of sp³-hybridized carbons (Fsp3) is 0.500. The van der Waals surface area contributed by atoms with E-state index < -0.39 is 12.1 Å². The van der Waals surface area contributed by atoms with Crippen LogP contribution in [-0.2, 0) is 4.79 Å². The molecule has 2 saturated heterocycles. The Kier molecular flexibility index (Phi) is 5.55. The number of imide groups is 1. The van der Waals surface area contributed by atoms with Crippen molar-refractivity contribution in [1.29, 1.82) is 0 Å². The van der Waals surface area contributed by atoms with E-state index in [1.54, 1.807) is 24.1 Å². The predicted octanol–water partition coefficient (Wildman–Crippen LogP) is 1.05. The Morgan fingerprint density at radius 1 is 1.20 bits per heavy atom. The molecule has 0 saturated carbocycles. The molecule has 2 aliphatic heterocycles. The molecule has 2 aliphatic rings. The van der Waals surface area contributed by atoms with Gasteiger partial charge in [0.25, 0.3) is 0 Å². The summed E-state index contributed by atoms with van der Waals surface area (Å²) in [5, 5.41) is 16.4. The van der Waals surface area contributed by atoms with Gasteiger partial charge in [0, 0.05) is 24.9 Å². The van der Waals surface area contributed by atoms with Crippen molar-refractivity contribution in [2.24, 2.45) is 5.92 Å². The lowest BCUT2D eigenvalue weighted by atomic mass is 9.96. The summed E-state index contributed by atoms with van der Waals surface area (Å²) in [4.78, 5) is 27.7. The van der Waals surface area contributed by atoms with Crippen molar-refractivity contribution in [2.45, 2.75) is 17.7 Å². The number of benzene rings is 1. The Morgan fingerprint density at radius 2 is 1.88 bits per heavy atom. The maximum absolute atomic E-state index is 12.7. The number of carbonyl (C=O) groups excluding carboxylic acids is 2. The minimum absolute atomic E-state index is 0.0259. The number of nitrogens with zero attached hydrogens (tertiary/aromatic N) is 2. The van der Waals surface area contributed by atoms with Gasteiger partial charge in [-0.3, -0.25) is 20.3 Å². The van der Waals surface area contributed by atoms with Crippen molar-refractivity contribution in [3.05, 3.63) is 34.9 Å². The first-order valence-corrected chi connectivity index (χ1v) is 9.41. The lowest BCUT2D eigenvalue weighted by Gasteiger charge is -2.50. The van der Waals surface area contributed by atoms with Gasteiger partial charge in [0.2, 0.25) is 5.91 Å². The van der Waals surface area contributed by atoms with Gasteiger partial charge in [0.1, 0.15) is 0 Å². The molecular formula is C16H21ClN4O3S. The van der Waals surface area contributed by atoms with Crippen molar-refractivity contribution in [1.82, 2.24) is 20.4 Å². The lowest BCUT2D eigenvalue weighted by Crippen LogP contribution is -2.72. The second-order valence-corrected chi connectivity index (χ2v) is 7.78. The van der Waals surface area contributed by atoms with Crippen LogP contribution in [0.1, 0.15) is 11.7 Å². The van der Waals surface area contributed by atoms with E-state index in [9.17, 15) is 14.7 Å². The van der Waals surface area contributed by atoms with E-state index in [0.29, 0.717) is 10.8 Å². The molecule has 136 valence electrons. The minimum Gasteiger partial charge on any atom is -0.396 e. The molecule has 3 N–H and O–H groups in total. The van der Waals surface area contributed by atoms with Crippen LogP contribution in [0.3, 0.4) is 0 Å². The van der Waals surface area contributed by atoms with Gasteiger partial charge < -0.3 is 10.0 Å². The molecule has 4 unspecified atom stereocenters. The summed E-state index contributed by atoms with van der Waals surface area (Å²) < 4.78 is 0. The van der Waals surface area contributed by atoms with Crippen LogP contribution in [0.5, 0.6) is 0 Å². The Labute approximate surface area is 155 Å². The average molecular weight is 385 g/mol. The molecule has 25 heavy (non-hydrogen) atoms. The summed E-state index contributed by atoms with van der Waals surface area (Å²) in [6.07, 6.45) is -0.657. The van der Waals surface area contributed by atoms with Crippen LogP contribution in [0.4, 0.5) is 4.79 Å². The third-order valence-corrected chi connectivity index (χ3v) is 6.01. The fourth-order valence-electron chi connectivity index (χ4n) is 3.23. The molecule has 0 aliphatic carbocycles. The fourth-order valence-corrected chi connectivity index (χ4v) is 4.42. The zero-order chi connectivity index (χ0) is 18.1. The largest absolute Gasteiger partial charge is 0.396 e. The molecular weight excluding hydrogens is 364 g/mol. The summed E-state index contributed by atoms with van der Waals surface area (Å²) in [7, 11) is 3.18. The van der Waals surface area contributed by atoms with E-state index in [-0.39, 0.29) is 30.1 Å². The van der Waals surface area contributed by atoms with Crippen molar-refractivity contribution >= 4 is 35.3 Å². The third-order valence-electron chi connectivity index (χ3n) is 4.55. The van der Waals surface area contributed by atoms with Gasteiger partial charge in [-0.05, 0) is 17.7 Å². The van der Waals surface area contributed by atoms with Crippen LogP contribution >= 0.6 is 23.4 Å². The van der Waals surface area contributed by atoms with Gasteiger partial charge >= 0.3 is 6.03 Å². The molecule has 1 aromatic rings. The maximum Gasteiger partial charge on any atom is 0.327 e. The molecule has 2 fully saturated rings. The normalized spacial score (nSPS) is 29.8. The van der Waals surface area contributed by atoms with Crippen molar-refractivity contribution in [2.75, 3.05) is 26.5 Å². The smallest absolute Gasteiger partial charge is 0.327 e. The summed E-state index contributed by atoms with van der Waals surface area (Å²) in [5.74, 6) is -0.158. The first kappa shape index (κ1) is 18.5. The van der Waals surface area contributed by atoms with Gasteiger partial charge in [-0.15, -0.1) is 11.8 Å². The summed E-state index contributed by atoms with van der Waals surface area (Å²) >= 11 is 7.44. The molecule has 0 bridgehead atoms. The number of urea groups is 1. The van der Waals surface area contributed by atoms with Crippen LogP contribution in [0, 0.1) is 5.92 Å². The maximum atomic E-state index is 12.7. The molecule has 3 rings (SSSR count). The summed E-state index contributed by atoms with van der Waals surface area (Å²) in [6, 6.07) is 7.08. The number of aliphatic hydroxyl groups is 1. The van der Waals surface area contributed by atoms with E-state index >= 15 is 0 Å². The van der Waals surface area contributed by atoms with Crippen LogP contribution < -0.4 is 10.6 Å². The zero-order valence-corrected chi connectivity index (χ0v) is 15.5. The first-order chi connectivity index (χ1) is 11.9. The number of amides is 3. The second-order valence-electron chi connectivity index (χ2n) is 6.09. The number of thioether (sulfide) groups is 1. The molecule has 3 amide bonds. The highest BCUT2D eigenvalue weighted by Gasteiger charge is 2.50. The van der Waals surface area contributed by atoms with Crippen LogP contribution in [-0.4, -0.2) is 64.8 Å². The number of rotatable bonds is 4. The van der Waals surface area contributed by atoms with Crippen molar-refractivity contribution < 1.29 is 14.7 Å². The van der Waals surface area contributed by atoms with E-state index in [1.165, 1.54) is 18.8 Å². The van der Waals surface area contributed by atoms with E-state index in [1.807, 2.05) is 12.1 Å². The molecule has 0 radical (unpaired) electrons. The highest BCUT2D eigenvalue weighted by atomic mass is 35.5. The Morgan fingerprint density at radius 3 is 2.52 bits per heavy atom. The monoisotopic (exact) mass is 384 g/mol. The number of carbonyl (C=O) groups is 2. The van der Waals surface area contributed by atoms with E-state index in [4.69, 9.17) is 11.6 Å². The van der Waals surface area contributed by atoms with E-state index in [2.05, 4.69) is 10.6 Å². The highest BCUT2D eigenvalue weighted by Crippen LogP contribution is 2.34. The Balaban J connectivity index is 1.91. The van der Waals surface area contributed by atoms with Gasteiger partial charge in [-0.2, -0.15) is 0 Å². The number of hydrogen-bond donors (Lipinski definition) is 3. The molecule has 7 nitrogen and oxygen atoms in total. The van der Waals surface area contributed by atoms with Gasteiger partial charge in [0.15, 0.2) is 0 Å². The van der Waals surface area contributed by atoms with Crippen molar-refractivity contribution in [3.8, 4) is 0 Å². The van der Waals surface area contributed by atoms with Crippen LogP contribution in [0.15, 0.2) is 24.3 Å². The van der Waals surface area contributed by atoms with Gasteiger partial charge in [-0.1, -0.05) is 23.7 Å². The standard InChI is InChI=1S/C16H21ClN4O3S/c1-20-13-11(15(23)21(2)16(20)24)14(25-8-7-22)19-12(18-13)9-3-5-10(17)6-4-9/h3-6,11-14,18-19,22H,7-8H2,1-2H3. The van der Waals surface area contributed by atoms with Crippen molar-refractivity contribution in [3.63, 3.8) is 0 Å². The Bertz CT molecular complexity index is 659. The van der Waals surface area contributed by atoms with E-state index in [0.717, 1.165) is 10.5 Å². The van der Waals surface area contributed by atoms with Gasteiger partial charge in [-0.25, -0.2) is 4.79 Å². The van der Waals surface area contributed by atoms with Crippen LogP contribution in [0.2, 0.25) is 5.02 Å². The lowest BCUT2D eigenvalue weighted by molar-refractivity contribution is -0.140. The topological polar surface area (TPSA) is 84.9 Å². The number of fused-ring (bicyclic) bond motifs is 1. The molecule has 0 spiro atoms. The molecule has 4 atom stereocenters. The second kappa shape index (κ2) is 7.51. The number of halogens is 1. The molecule has 0 aromatic heterocycles. The number of nitrogens with one attached hydrogen (secondary N) is 2. The zero-order valence-electron chi connectivity index (χ0n) is 14.0. The molecule has 9 heteroatoms. The summed E-state index contributed by atoms with van der Waals surface area (Å²) in [6.45, 7) is 0.0259. The number of aliphatic hydroxyl groups excluding tert-OH is 1. The predicted molar refractivity (Wildman–Crippen MR) is 97.0 cm³/mol. The molecule has 2 heterocycles. The first-order valence-electron chi connectivity index (χ1n) is 7.98. The minimum atomic E-state index is -0.437. The Hall–Kier alpha value is -1.32. The van der Waals surface area contributed by atoms with Crippen LogP contribution in [0.25, 0.3) is 0 Å². The SMILES string of the molecule is CN1C(=O)C2C(SCCO)NC(c3ccc(Cl)cc3)NC2N(C)C1=O. The van der Waals surface area contributed by atoms with Gasteiger partial charge in [0.05, 0.1) is 30.2 Å². The quantitative estimate of drug-likeness (QED) is 0.719. The molecule has 1 aromatic carbocycles.